The van der Waals surface area contributed by atoms with Crippen molar-refractivity contribution in [2.24, 2.45) is 0 Å². The molecule has 1 amide bonds. The molecular formula is C14H13Cl2N3O3S2. The first-order valence-corrected chi connectivity index (χ1v) is 10.4. The Labute approximate surface area is 153 Å². The number of nitrogens with zero attached hydrogens (tertiary/aromatic N) is 2. The van der Waals surface area contributed by atoms with Gasteiger partial charge in [-0.25, -0.2) is 13.4 Å². The van der Waals surface area contributed by atoms with Gasteiger partial charge < -0.3 is 0 Å². The molecule has 2 aromatic rings. The van der Waals surface area contributed by atoms with E-state index in [1.807, 2.05) is 0 Å². The second kappa shape index (κ2) is 6.61. The van der Waals surface area contributed by atoms with E-state index in [1.54, 1.807) is 12.1 Å². The molecule has 0 bridgehead atoms. The minimum absolute atomic E-state index is 0.259. The molecule has 1 aromatic carbocycles. The van der Waals surface area contributed by atoms with Crippen molar-refractivity contribution in [3.63, 3.8) is 0 Å². The fraction of sp³-hybridized carbons (Fsp3) is 0.286. The second-order valence-corrected chi connectivity index (χ2v) is 9.22. The van der Waals surface area contributed by atoms with Crippen LogP contribution < -0.4 is 5.32 Å². The lowest BCUT2D eigenvalue weighted by Crippen LogP contribution is -2.34. The molecule has 0 atom stereocenters. The third kappa shape index (κ3) is 3.73. The van der Waals surface area contributed by atoms with Crippen LogP contribution in [0.5, 0.6) is 0 Å². The number of carbonyl (C=O) groups excluding carboxylic acids is 1. The lowest BCUT2D eigenvalue weighted by atomic mass is 10.2. The number of carbonyl (C=O) groups is 1. The summed E-state index contributed by atoms with van der Waals surface area (Å²) in [5.74, 6) is -0.409. The molecule has 1 aliphatic rings. The van der Waals surface area contributed by atoms with Crippen LogP contribution in [0.3, 0.4) is 0 Å². The van der Waals surface area contributed by atoms with Crippen molar-refractivity contribution < 1.29 is 13.2 Å². The maximum atomic E-state index is 12.3. The summed E-state index contributed by atoms with van der Waals surface area (Å²) in [5, 5.41) is 3.81. The first-order chi connectivity index (χ1) is 11.2. The van der Waals surface area contributed by atoms with Crippen LogP contribution in [0.2, 0.25) is 10.0 Å². The average Bonchev–Trinajstić information content (AvgIpc) is 2.89. The van der Waals surface area contributed by atoms with Crippen LogP contribution in [0.25, 0.3) is 0 Å². The second-order valence-electron chi connectivity index (χ2n) is 5.31. The number of halogens is 2. The average molecular weight is 406 g/mol. The Bertz CT molecular complexity index is 912. The first kappa shape index (κ1) is 17.6. The fourth-order valence-electron chi connectivity index (χ4n) is 2.34. The molecule has 128 valence electrons. The smallest absolute Gasteiger partial charge is 0.259 e. The van der Waals surface area contributed by atoms with Crippen molar-refractivity contribution in [1.82, 2.24) is 9.29 Å². The van der Waals surface area contributed by atoms with Gasteiger partial charge in [-0.3, -0.25) is 10.1 Å². The van der Waals surface area contributed by atoms with Crippen LogP contribution >= 0.6 is 34.5 Å². The number of hydrogen-bond donors (Lipinski definition) is 1. The molecule has 10 heteroatoms. The summed E-state index contributed by atoms with van der Waals surface area (Å²) in [6.07, 6.45) is 1.70. The van der Waals surface area contributed by atoms with Crippen molar-refractivity contribution in [3.05, 3.63) is 44.4 Å². The number of amides is 1. The molecule has 2 heterocycles. The van der Waals surface area contributed by atoms with E-state index in [9.17, 15) is 13.2 Å². The predicted molar refractivity (Wildman–Crippen MR) is 95.5 cm³/mol. The normalized spacial score (nSPS) is 15.1. The third-order valence-corrected chi connectivity index (χ3v) is 6.37. The third-order valence-electron chi connectivity index (χ3n) is 3.56. The highest BCUT2D eigenvalue weighted by molar-refractivity contribution is 7.88. The highest BCUT2D eigenvalue weighted by atomic mass is 35.5. The van der Waals surface area contributed by atoms with Gasteiger partial charge in [0.25, 0.3) is 5.91 Å². The Kier molecular flexibility index (Phi) is 4.85. The van der Waals surface area contributed by atoms with Gasteiger partial charge in [-0.15, -0.1) is 11.3 Å². The van der Waals surface area contributed by atoms with Crippen LogP contribution in [-0.2, 0) is 23.0 Å². The van der Waals surface area contributed by atoms with E-state index in [2.05, 4.69) is 10.3 Å². The fourth-order valence-corrected chi connectivity index (χ4v) is 4.61. The van der Waals surface area contributed by atoms with E-state index in [0.29, 0.717) is 28.1 Å². The molecule has 24 heavy (non-hydrogen) atoms. The highest BCUT2D eigenvalue weighted by Gasteiger charge is 2.26. The van der Waals surface area contributed by atoms with Gasteiger partial charge in [-0.05, 0) is 18.2 Å². The predicted octanol–water partition coefficient (Wildman–Crippen LogP) is 3.02. The van der Waals surface area contributed by atoms with Gasteiger partial charge in [-0.2, -0.15) is 4.31 Å². The summed E-state index contributed by atoms with van der Waals surface area (Å²) < 4.78 is 24.7. The van der Waals surface area contributed by atoms with Gasteiger partial charge in [0.15, 0.2) is 5.13 Å². The Morgan fingerprint density at radius 3 is 2.83 bits per heavy atom. The molecule has 0 fully saturated rings. The van der Waals surface area contributed by atoms with Gasteiger partial charge >= 0.3 is 0 Å². The Balaban J connectivity index is 1.79. The molecule has 3 rings (SSSR count). The zero-order chi connectivity index (χ0) is 17.5. The van der Waals surface area contributed by atoms with Crippen molar-refractivity contribution in [3.8, 4) is 0 Å². The van der Waals surface area contributed by atoms with Gasteiger partial charge in [0, 0.05) is 29.4 Å². The van der Waals surface area contributed by atoms with E-state index in [0.717, 1.165) is 10.6 Å². The van der Waals surface area contributed by atoms with E-state index in [-0.39, 0.29) is 12.1 Å². The van der Waals surface area contributed by atoms with Gasteiger partial charge in [0.2, 0.25) is 10.0 Å². The van der Waals surface area contributed by atoms with Crippen molar-refractivity contribution in [2.75, 3.05) is 18.1 Å². The molecular weight excluding hydrogens is 393 g/mol. The standard InChI is InChI=1S/C14H13Cl2N3O3S2/c1-24(21,22)19-5-4-11-12(7-19)23-14(17-11)18-13(20)9-6-8(15)2-3-10(9)16/h2-3,6H,4-5,7H2,1H3,(H,17,18,20). The Morgan fingerprint density at radius 1 is 1.38 bits per heavy atom. The van der Waals surface area contributed by atoms with Crippen LogP contribution in [0.4, 0.5) is 5.13 Å². The summed E-state index contributed by atoms with van der Waals surface area (Å²) in [6, 6.07) is 4.64. The number of benzene rings is 1. The largest absolute Gasteiger partial charge is 0.298 e. The van der Waals surface area contributed by atoms with Crippen LogP contribution in [-0.4, -0.2) is 36.4 Å². The van der Waals surface area contributed by atoms with Crippen molar-refractivity contribution >= 4 is 55.6 Å². The molecule has 6 nitrogen and oxygen atoms in total. The summed E-state index contributed by atoms with van der Waals surface area (Å²) in [7, 11) is -3.24. The molecule has 1 aliphatic heterocycles. The molecule has 0 radical (unpaired) electrons. The van der Waals surface area contributed by atoms with Crippen LogP contribution in [0.1, 0.15) is 20.9 Å². The number of thiazole rings is 1. The molecule has 0 aliphatic carbocycles. The summed E-state index contributed by atoms with van der Waals surface area (Å²) in [4.78, 5) is 17.5. The first-order valence-electron chi connectivity index (χ1n) is 6.94. The van der Waals surface area contributed by atoms with Crippen LogP contribution in [0.15, 0.2) is 18.2 Å². The summed E-state index contributed by atoms with van der Waals surface area (Å²) in [6.45, 7) is 0.669. The number of aromatic nitrogens is 1. The minimum Gasteiger partial charge on any atom is -0.298 e. The number of sulfonamides is 1. The maximum Gasteiger partial charge on any atom is 0.259 e. The van der Waals surface area contributed by atoms with E-state index in [1.165, 1.54) is 28.0 Å². The number of fused-ring (bicyclic) bond motifs is 1. The molecule has 0 unspecified atom stereocenters. The minimum atomic E-state index is -3.24. The van der Waals surface area contributed by atoms with E-state index in [4.69, 9.17) is 23.2 Å². The molecule has 1 N–H and O–H groups in total. The van der Waals surface area contributed by atoms with Crippen molar-refractivity contribution in [2.45, 2.75) is 13.0 Å². The Hall–Kier alpha value is -1.19. The number of hydrogen-bond acceptors (Lipinski definition) is 5. The van der Waals surface area contributed by atoms with Gasteiger partial charge in [0.05, 0.1) is 22.5 Å². The topological polar surface area (TPSA) is 79.4 Å². The lowest BCUT2D eigenvalue weighted by Gasteiger charge is -2.23. The summed E-state index contributed by atoms with van der Waals surface area (Å²) in [5.41, 5.74) is 1.07. The molecule has 0 saturated carbocycles. The SMILES string of the molecule is CS(=O)(=O)N1CCc2nc(NC(=O)c3cc(Cl)ccc3Cl)sc2C1. The van der Waals surface area contributed by atoms with Gasteiger partial charge in [0.1, 0.15) is 0 Å². The highest BCUT2D eigenvalue weighted by Crippen LogP contribution is 2.30. The van der Waals surface area contributed by atoms with E-state index >= 15 is 0 Å². The monoisotopic (exact) mass is 405 g/mol. The summed E-state index contributed by atoms with van der Waals surface area (Å²) >= 11 is 13.2. The zero-order valence-corrected chi connectivity index (χ0v) is 15.7. The Morgan fingerprint density at radius 2 is 2.12 bits per heavy atom. The zero-order valence-electron chi connectivity index (χ0n) is 12.5. The molecule has 0 saturated heterocycles. The van der Waals surface area contributed by atoms with Gasteiger partial charge in [-0.1, -0.05) is 23.2 Å². The molecule has 1 aromatic heterocycles. The quantitative estimate of drug-likeness (QED) is 0.850. The number of nitrogens with one attached hydrogen (secondary N) is 1. The van der Waals surface area contributed by atoms with Crippen molar-refractivity contribution in [1.29, 1.82) is 0 Å². The maximum absolute atomic E-state index is 12.3. The molecule has 0 spiro atoms. The number of anilines is 1. The number of rotatable bonds is 3. The lowest BCUT2D eigenvalue weighted by molar-refractivity contribution is 0.102. The van der Waals surface area contributed by atoms with E-state index < -0.39 is 15.9 Å². The van der Waals surface area contributed by atoms with Crippen LogP contribution in [0, 0.1) is 0 Å².